The van der Waals surface area contributed by atoms with E-state index in [-0.39, 0.29) is 33.8 Å². The Balaban J connectivity index is 2.17. The quantitative estimate of drug-likeness (QED) is 0.641. The number of aryl methyl sites for hydroxylation is 1. The third-order valence-corrected chi connectivity index (χ3v) is 3.69. The summed E-state index contributed by atoms with van der Waals surface area (Å²) in [5.41, 5.74) is -0.605. The van der Waals surface area contributed by atoms with Crippen LogP contribution in [-0.2, 0) is 13.2 Å². The SMILES string of the molecule is COc1cc(-c2cc(C(F)(F)F)c3cnn(C)c3n2)ccc1OC(F)F. The second-order valence-electron chi connectivity index (χ2n) is 5.30. The van der Waals surface area contributed by atoms with Gasteiger partial charge in [0.2, 0.25) is 0 Å². The number of alkyl halides is 5. The molecule has 10 heteroatoms. The zero-order valence-corrected chi connectivity index (χ0v) is 13.5. The Morgan fingerprint density at radius 2 is 1.85 bits per heavy atom. The summed E-state index contributed by atoms with van der Waals surface area (Å²) in [5, 5.41) is 3.68. The van der Waals surface area contributed by atoms with Crippen molar-refractivity contribution in [1.82, 2.24) is 14.8 Å². The van der Waals surface area contributed by atoms with Crippen molar-refractivity contribution in [3.63, 3.8) is 0 Å². The van der Waals surface area contributed by atoms with Crippen LogP contribution < -0.4 is 9.47 Å². The largest absolute Gasteiger partial charge is 0.493 e. The highest BCUT2D eigenvalue weighted by molar-refractivity contribution is 5.83. The molecule has 2 aromatic heterocycles. The van der Waals surface area contributed by atoms with Crippen LogP contribution in [0, 0.1) is 0 Å². The zero-order chi connectivity index (χ0) is 19.1. The van der Waals surface area contributed by atoms with Gasteiger partial charge in [0.05, 0.1) is 30.0 Å². The summed E-state index contributed by atoms with van der Waals surface area (Å²) in [6.07, 6.45) is -3.52. The smallest absolute Gasteiger partial charge is 0.417 e. The highest BCUT2D eigenvalue weighted by Crippen LogP contribution is 2.38. The number of benzene rings is 1. The predicted molar refractivity (Wildman–Crippen MR) is 82.1 cm³/mol. The highest BCUT2D eigenvalue weighted by atomic mass is 19.4. The molecule has 0 bridgehead atoms. The lowest BCUT2D eigenvalue weighted by Gasteiger charge is -2.13. The minimum atomic E-state index is -4.61. The molecule has 0 fully saturated rings. The van der Waals surface area contributed by atoms with Crippen LogP contribution in [-0.4, -0.2) is 28.5 Å². The minimum Gasteiger partial charge on any atom is -0.493 e. The van der Waals surface area contributed by atoms with Gasteiger partial charge in [-0.3, -0.25) is 4.68 Å². The van der Waals surface area contributed by atoms with Crippen LogP contribution in [0.4, 0.5) is 22.0 Å². The molecule has 3 rings (SSSR count). The van der Waals surface area contributed by atoms with E-state index in [0.29, 0.717) is 0 Å². The molecule has 0 saturated heterocycles. The van der Waals surface area contributed by atoms with Gasteiger partial charge in [0.1, 0.15) is 0 Å². The van der Waals surface area contributed by atoms with E-state index in [1.165, 1.54) is 37.0 Å². The molecule has 0 radical (unpaired) electrons. The first-order valence-corrected chi connectivity index (χ1v) is 7.24. The number of methoxy groups -OCH3 is 1. The second-order valence-corrected chi connectivity index (χ2v) is 5.30. The van der Waals surface area contributed by atoms with Gasteiger partial charge in [-0.25, -0.2) is 4.98 Å². The van der Waals surface area contributed by atoms with E-state index in [0.717, 1.165) is 12.3 Å². The van der Waals surface area contributed by atoms with Crippen molar-refractivity contribution < 1.29 is 31.4 Å². The van der Waals surface area contributed by atoms with Crippen molar-refractivity contribution >= 4 is 11.0 Å². The molecule has 0 aliphatic heterocycles. The van der Waals surface area contributed by atoms with Crippen LogP contribution in [0.1, 0.15) is 5.56 Å². The molecule has 5 nitrogen and oxygen atoms in total. The van der Waals surface area contributed by atoms with E-state index in [2.05, 4.69) is 14.8 Å². The first kappa shape index (κ1) is 17.9. The number of pyridine rings is 1. The summed E-state index contributed by atoms with van der Waals surface area (Å²) >= 11 is 0. The van der Waals surface area contributed by atoms with Gasteiger partial charge in [-0.2, -0.15) is 27.1 Å². The zero-order valence-electron chi connectivity index (χ0n) is 13.5. The second kappa shape index (κ2) is 6.43. The van der Waals surface area contributed by atoms with Gasteiger partial charge in [0.15, 0.2) is 17.1 Å². The topological polar surface area (TPSA) is 49.2 Å². The molecular formula is C16H12F5N3O2. The molecule has 0 saturated carbocycles. The van der Waals surface area contributed by atoms with Crippen molar-refractivity contribution in [2.24, 2.45) is 7.05 Å². The first-order chi connectivity index (χ1) is 12.2. The maximum Gasteiger partial charge on any atom is 0.417 e. The van der Waals surface area contributed by atoms with E-state index in [9.17, 15) is 22.0 Å². The molecule has 3 aromatic rings. The standard InChI is InChI=1S/C16H12F5N3O2/c1-24-14-9(7-22-24)10(16(19,20)21)6-11(23-14)8-3-4-12(26-15(17)18)13(5-8)25-2/h3-7,15H,1-2H3. The van der Waals surface area contributed by atoms with Gasteiger partial charge in [0, 0.05) is 12.6 Å². The molecule has 26 heavy (non-hydrogen) atoms. The van der Waals surface area contributed by atoms with Gasteiger partial charge in [-0.15, -0.1) is 0 Å². The van der Waals surface area contributed by atoms with Gasteiger partial charge in [-0.1, -0.05) is 0 Å². The maximum absolute atomic E-state index is 13.4. The molecule has 0 amide bonds. The average molecular weight is 373 g/mol. The fraction of sp³-hybridized carbons (Fsp3) is 0.250. The lowest BCUT2D eigenvalue weighted by Crippen LogP contribution is -2.07. The van der Waals surface area contributed by atoms with E-state index >= 15 is 0 Å². The monoisotopic (exact) mass is 373 g/mol. The van der Waals surface area contributed by atoms with Crippen molar-refractivity contribution in [3.8, 4) is 22.8 Å². The van der Waals surface area contributed by atoms with E-state index in [4.69, 9.17) is 4.74 Å². The van der Waals surface area contributed by atoms with Crippen LogP contribution in [0.2, 0.25) is 0 Å². The van der Waals surface area contributed by atoms with Gasteiger partial charge >= 0.3 is 12.8 Å². The molecule has 1 aromatic carbocycles. The highest BCUT2D eigenvalue weighted by Gasteiger charge is 2.34. The number of rotatable bonds is 4. The van der Waals surface area contributed by atoms with Crippen LogP contribution in [0.3, 0.4) is 0 Å². The molecule has 0 spiro atoms. The number of nitrogens with zero attached hydrogens (tertiary/aromatic N) is 3. The van der Waals surface area contributed by atoms with Gasteiger partial charge in [-0.05, 0) is 24.3 Å². The molecule has 0 atom stereocenters. The van der Waals surface area contributed by atoms with E-state index < -0.39 is 18.4 Å². The van der Waals surface area contributed by atoms with E-state index in [1.807, 2.05) is 0 Å². The fourth-order valence-electron chi connectivity index (χ4n) is 2.52. The Morgan fingerprint density at radius 1 is 1.12 bits per heavy atom. The summed E-state index contributed by atoms with van der Waals surface area (Å²) in [7, 11) is 2.70. The van der Waals surface area contributed by atoms with Crippen LogP contribution in [0.5, 0.6) is 11.5 Å². The van der Waals surface area contributed by atoms with Gasteiger partial charge < -0.3 is 9.47 Å². The van der Waals surface area contributed by atoms with Crippen molar-refractivity contribution in [2.45, 2.75) is 12.8 Å². The summed E-state index contributed by atoms with van der Waals surface area (Å²) < 4.78 is 75.5. The maximum atomic E-state index is 13.4. The number of hydrogen-bond donors (Lipinski definition) is 0. The molecule has 0 unspecified atom stereocenters. The summed E-state index contributed by atoms with van der Waals surface area (Å²) in [6.45, 7) is -3.06. The van der Waals surface area contributed by atoms with Crippen molar-refractivity contribution in [1.29, 1.82) is 0 Å². The Morgan fingerprint density at radius 3 is 2.46 bits per heavy atom. The minimum absolute atomic E-state index is 0.00433. The van der Waals surface area contributed by atoms with Crippen molar-refractivity contribution in [2.75, 3.05) is 7.11 Å². The third kappa shape index (κ3) is 3.26. The Hall–Kier alpha value is -2.91. The number of hydrogen-bond acceptors (Lipinski definition) is 4. The fourth-order valence-corrected chi connectivity index (χ4v) is 2.52. The Bertz CT molecular complexity index is 953. The molecule has 0 aliphatic rings. The summed E-state index contributed by atoms with van der Waals surface area (Å²) in [4.78, 5) is 4.20. The molecular weight excluding hydrogens is 361 g/mol. The van der Waals surface area contributed by atoms with Crippen molar-refractivity contribution in [3.05, 3.63) is 36.0 Å². The first-order valence-electron chi connectivity index (χ1n) is 7.24. The molecule has 2 heterocycles. The van der Waals surface area contributed by atoms with Crippen LogP contribution in [0.25, 0.3) is 22.3 Å². The molecule has 0 N–H and O–H groups in total. The van der Waals surface area contributed by atoms with Crippen LogP contribution >= 0.6 is 0 Å². The van der Waals surface area contributed by atoms with E-state index in [1.54, 1.807) is 0 Å². The number of ether oxygens (including phenoxy) is 2. The normalized spacial score (nSPS) is 12.0. The predicted octanol–water partition coefficient (Wildman–Crippen LogP) is 4.26. The summed E-state index contributed by atoms with van der Waals surface area (Å²) in [6, 6.07) is 4.67. The molecule has 138 valence electrons. The average Bonchev–Trinajstić information content (AvgIpc) is 2.94. The lowest BCUT2D eigenvalue weighted by atomic mass is 10.1. The number of fused-ring (bicyclic) bond motifs is 1. The van der Waals surface area contributed by atoms with Crippen LogP contribution in [0.15, 0.2) is 30.5 Å². The number of halogens is 5. The van der Waals surface area contributed by atoms with Gasteiger partial charge in [0.25, 0.3) is 0 Å². The Labute approximate surface area is 144 Å². The lowest BCUT2D eigenvalue weighted by molar-refractivity contribution is -0.136. The molecule has 0 aliphatic carbocycles. The third-order valence-electron chi connectivity index (χ3n) is 3.69. The Kier molecular flexibility index (Phi) is 4.43. The summed E-state index contributed by atoms with van der Waals surface area (Å²) in [5.74, 6) is -0.285. The number of aromatic nitrogens is 3.